The summed E-state index contributed by atoms with van der Waals surface area (Å²) in [7, 11) is 0. The van der Waals surface area contributed by atoms with Gasteiger partial charge in [-0.05, 0) is 44.7 Å². The predicted molar refractivity (Wildman–Crippen MR) is 125 cm³/mol. The van der Waals surface area contributed by atoms with Crippen LogP contribution in [0.4, 0.5) is 4.39 Å². The molecule has 9 heteroatoms. The number of amides is 2. The molecule has 1 saturated heterocycles. The van der Waals surface area contributed by atoms with Crippen molar-refractivity contribution >= 4 is 22.8 Å². The number of hydrogen-bond donors (Lipinski definition) is 2. The third-order valence-corrected chi connectivity index (χ3v) is 6.57. The highest BCUT2D eigenvalue weighted by molar-refractivity contribution is 6.09. The van der Waals surface area contributed by atoms with Crippen molar-refractivity contribution in [3.05, 3.63) is 41.3 Å². The van der Waals surface area contributed by atoms with Crippen molar-refractivity contribution in [1.29, 1.82) is 0 Å². The molecule has 2 N–H and O–H groups in total. The monoisotopic (exact) mass is 465 g/mol. The zero-order valence-electron chi connectivity index (χ0n) is 19.5. The van der Waals surface area contributed by atoms with Crippen LogP contribution in [-0.4, -0.2) is 63.6 Å². The van der Waals surface area contributed by atoms with Gasteiger partial charge in [0.1, 0.15) is 29.5 Å². The van der Waals surface area contributed by atoms with Crippen LogP contribution in [0.1, 0.15) is 41.4 Å². The quantitative estimate of drug-likeness (QED) is 0.582. The Labute approximate surface area is 196 Å². The number of fused-ring (bicyclic) bond motifs is 1. The van der Waals surface area contributed by atoms with E-state index in [0.29, 0.717) is 40.5 Å². The normalized spacial score (nSPS) is 20.1. The Balaban J connectivity index is 1.48. The van der Waals surface area contributed by atoms with Crippen LogP contribution in [0.5, 0.6) is 5.75 Å². The van der Waals surface area contributed by atoms with Crippen LogP contribution in [-0.2, 0) is 4.79 Å². The standard InChI is InChI=1S/C25H28FN5O3/c1-13-4-7-20(34-11-16-5-6-16)17(8-13)22-24-23(28-12-27-22)21(14(2)29-24)25(33)30-19-10-31(15(3)32)9-18(19)26/h4,7-8,12,16,18-19,29H,5-6,9-11H2,1-3H3,(H,30,33)/t18-,19+/m0/s1. The first kappa shape index (κ1) is 22.3. The van der Waals surface area contributed by atoms with E-state index in [1.54, 1.807) is 6.92 Å². The van der Waals surface area contributed by atoms with Crippen LogP contribution in [0.2, 0.25) is 0 Å². The number of aryl methyl sites for hydroxylation is 2. The number of rotatable bonds is 6. The second-order valence-corrected chi connectivity index (χ2v) is 9.34. The number of ether oxygens (including phenoxy) is 1. The minimum Gasteiger partial charge on any atom is -0.493 e. The first-order valence-electron chi connectivity index (χ1n) is 11.6. The average Bonchev–Trinajstić information content (AvgIpc) is 3.46. The lowest BCUT2D eigenvalue weighted by atomic mass is 10.1. The number of aromatic nitrogens is 3. The summed E-state index contributed by atoms with van der Waals surface area (Å²) >= 11 is 0. The van der Waals surface area contributed by atoms with Crippen LogP contribution < -0.4 is 10.1 Å². The summed E-state index contributed by atoms with van der Waals surface area (Å²) in [5.74, 6) is 0.710. The molecule has 2 aromatic heterocycles. The maximum Gasteiger partial charge on any atom is 0.255 e. The molecule has 0 bridgehead atoms. The van der Waals surface area contributed by atoms with E-state index in [4.69, 9.17) is 4.74 Å². The van der Waals surface area contributed by atoms with Crippen LogP contribution >= 0.6 is 0 Å². The zero-order chi connectivity index (χ0) is 24.0. The number of aromatic amines is 1. The summed E-state index contributed by atoms with van der Waals surface area (Å²) < 4.78 is 20.6. The average molecular weight is 466 g/mol. The first-order valence-corrected chi connectivity index (χ1v) is 11.6. The summed E-state index contributed by atoms with van der Waals surface area (Å²) in [6.45, 7) is 5.98. The topological polar surface area (TPSA) is 100 Å². The first-order chi connectivity index (χ1) is 16.3. The van der Waals surface area contributed by atoms with Gasteiger partial charge in [-0.15, -0.1) is 0 Å². The van der Waals surface area contributed by atoms with E-state index in [1.165, 1.54) is 31.0 Å². The molecule has 1 aliphatic heterocycles. The fourth-order valence-electron chi connectivity index (χ4n) is 4.45. The molecule has 2 aliphatic rings. The molecule has 1 saturated carbocycles. The predicted octanol–water partition coefficient (Wildman–Crippen LogP) is 3.33. The van der Waals surface area contributed by atoms with Gasteiger partial charge in [-0.25, -0.2) is 14.4 Å². The summed E-state index contributed by atoms with van der Waals surface area (Å²) in [4.78, 5) is 38.4. The molecule has 1 aliphatic carbocycles. The van der Waals surface area contributed by atoms with Crippen LogP contribution in [0.3, 0.4) is 0 Å². The van der Waals surface area contributed by atoms with Gasteiger partial charge < -0.3 is 19.9 Å². The van der Waals surface area contributed by atoms with Gasteiger partial charge in [0.05, 0.1) is 30.3 Å². The maximum absolute atomic E-state index is 14.5. The molecule has 178 valence electrons. The van der Waals surface area contributed by atoms with Gasteiger partial charge in [0.15, 0.2) is 0 Å². The molecule has 0 radical (unpaired) electrons. The smallest absolute Gasteiger partial charge is 0.255 e. The van der Waals surface area contributed by atoms with E-state index in [-0.39, 0.29) is 19.0 Å². The largest absolute Gasteiger partial charge is 0.493 e. The number of halogens is 1. The van der Waals surface area contributed by atoms with Crippen LogP contribution in [0.15, 0.2) is 24.5 Å². The lowest BCUT2D eigenvalue weighted by molar-refractivity contribution is -0.128. The van der Waals surface area contributed by atoms with Gasteiger partial charge in [-0.3, -0.25) is 9.59 Å². The Morgan fingerprint density at radius 1 is 1.24 bits per heavy atom. The van der Waals surface area contributed by atoms with Crippen molar-refractivity contribution in [2.75, 3.05) is 19.7 Å². The van der Waals surface area contributed by atoms with Gasteiger partial charge in [0.2, 0.25) is 5.91 Å². The van der Waals surface area contributed by atoms with Crippen molar-refractivity contribution in [3.8, 4) is 17.0 Å². The van der Waals surface area contributed by atoms with Crippen molar-refractivity contribution in [3.63, 3.8) is 0 Å². The molecule has 2 atom stereocenters. The van der Waals surface area contributed by atoms with Gasteiger partial charge in [0.25, 0.3) is 5.91 Å². The summed E-state index contributed by atoms with van der Waals surface area (Å²) in [6, 6.07) is 5.21. The Bertz CT molecular complexity index is 1270. The molecule has 5 rings (SSSR count). The van der Waals surface area contributed by atoms with Crippen molar-refractivity contribution < 1.29 is 18.7 Å². The number of nitrogens with zero attached hydrogens (tertiary/aromatic N) is 3. The van der Waals surface area contributed by atoms with Crippen molar-refractivity contribution in [2.24, 2.45) is 5.92 Å². The minimum absolute atomic E-state index is 0.0174. The number of carbonyl (C=O) groups excluding carboxylic acids is 2. The minimum atomic E-state index is -1.32. The molecule has 3 aromatic rings. The molecule has 0 spiro atoms. The Morgan fingerprint density at radius 2 is 2.03 bits per heavy atom. The van der Waals surface area contributed by atoms with Gasteiger partial charge >= 0.3 is 0 Å². The number of alkyl halides is 1. The number of benzene rings is 1. The van der Waals surface area contributed by atoms with Gasteiger partial charge in [0, 0.05) is 24.7 Å². The molecule has 34 heavy (non-hydrogen) atoms. The Kier molecular flexibility index (Phi) is 5.71. The summed E-state index contributed by atoms with van der Waals surface area (Å²) in [5.41, 5.74) is 4.59. The van der Waals surface area contributed by atoms with E-state index in [0.717, 1.165) is 16.9 Å². The number of carbonyl (C=O) groups is 2. The molecular weight excluding hydrogens is 437 g/mol. The van der Waals surface area contributed by atoms with Crippen molar-refractivity contribution in [1.82, 2.24) is 25.2 Å². The van der Waals surface area contributed by atoms with Gasteiger partial charge in [-0.1, -0.05) is 11.6 Å². The Morgan fingerprint density at radius 3 is 2.74 bits per heavy atom. The van der Waals surface area contributed by atoms with Crippen molar-refractivity contribution in [2.45, 2.75) is 45.8 Å². The molecular formula is C25H28FN5O3. The van der Waals surface area contributed by atoms with Crippen LogP contribution in [0, 0.1) is 19.8 Å². The maximum atomic E-state index is 14.5. The molecule has 2 amide bonds. The summed E-state index contributed by atoms with van der Waals surface area (Å²) in [6.07, 6.45) is 2.50. The van der Waals surface area contributed by atoms with Gasteiger partial charge in [-0.2, -0.15) is 0 Å². The summed E-state index contributed by atoms with van der Waals surface area (Å²) in [5, 5.41) is 2.76. The second-order valence-electron chi connectivity index (χ2n) is 9.34. The third-order valence-electron chi connectivity index (χ3n) is 6.57. The molecule has 3 heterocycles. The highest BCUT2D eigenvalue weighted by Crippen LogP contribution is 2.37. The zero-order valence-corrected chi connectivity index (χ0v) is 19.5. The van der Waals surface area contributed by atoms with E-state index >= 15 is 0 Å². The Hall–Kier alpha value is -3.49. The lowest BCUT2D eigenvalue weighted by Gasteiger charge is -2.15. The van der Waals surface area contributed by atoms with Crippen LogP contribution in [0.25, 0.3) is 22.3 Å². The highest BCUT2D eigenvalue weighted by Gasteiger charge is 2.36. The molecule has 8 nitrogen and oxygen atoms in total. The molecule has 0 unspecified atom stereocenters. The second kappa shape index (κ2) is 8.70. The van der Waals surface area contributed by atoms with E-state index in [9.17, 15) is 14.0 Å². The SMILES string of the molecule is CC(=O)N1C[C@H](F)[C@H](NC(=O)c2c(C)[nH]c3c(-c4cc(C)ccc4OCC4CC4)ncnc23)C1. The number of likely N-dealkylation sites (tertiary alicyclic amines) is 1. The highest BCUT2D eigenvalue weighted by atomic mass is 19.1. The van der Waals surface area contributed by atoms with E-state index in [1.807, 2.05) is 25.1 Å². The fraction of sp³-hybridized carbons (Fsp3) is 0.440. The molecule has 2 fully saturated rings. The fourth-order valence-corrected chi connectivity index (χ4v) is 4.45. The van der Waals surface area contributed by atoms with E-state index in [2.05, 4.69) is 20.3 Å². The number of H-pyrrole nitrogens is 1. The third kappa shape index (κ3) is 4.22. The number of nitrogens with one attached hydrogen (secondary N) is 2. The molecule has 1 aromatic carbocycles. The lowest BCUT2D eigenvalue weighted by Crippen LogP contribution is -2.41. The number of hydrogen-bond acceptors (Lipinski definition) is 5. The van der Waals surface area contributed by atoms with E-state index < -0.39 is 18.1 Å².